The van der Waals surface area contributed by atoms with Gasteiger partial charge in [-0.3, -0.25) is 14.6 Å². The number of hydrogen-bond acceptors (Lipinski definition) is 5. The van der Waals surface area contributed by atoms with Gasteiger partial charge < -0.3 is 4.90 Å². The molecule has 2 aromatic heterocycles. The molecule has 0 radical (unpaired) electrons. The Balaban J connectivity index is 1.35. The summed E-state index contributed by atoms with van der Waals surface area (Å²) < 4.78 is 2.11. The lowest BCUT2D eigenvalue weighted by Gasteiger charge is -2.35. The molecular weight excluding hydrogens is 312 g/mol. The van der Waals surface area contributed by atoms with Crippen molar-refractivity contribution in [1.29, 1.82) is 0 Å². The fourth-order valence-electron chi connectivity index (χ4n) is 3.45. The van der Waals surface area contributed by atoms with Gasteiger partial charge in [0.15, 0.2) is 0 Å². The standard InChI is InChI=1S/C19H24N6/c1-15-13-20-16(2)19(22-15)24-10-7-23(8-11-24)9-12-25-18-6-4-3-5-17(18)14-21-25/h3-6,13-14H,7-12H2,1-2H3. The molecule has 0 unspecified atom stereocenters. The lowest BCUT2D eigenvalue weighted by atomic mass is 10.2. The number of para-hydroxylation sites is 1. The monoisotopic (exact) mass is 336 g/mol. The zero-order chi connectivity index (χ0) is 17.2. The average molecular weight is 336 g/mol. The van der Waals surface area contributed by atoms with E-state index >= 15 is 0 Å². The van der Waals surface area contributed by atoms with Crippen molar-refractivity contribution < 1.29 is 0 Å². The van der Waals surface area contributed by atoms with Crippen molar-refractivity contribution in [3.8, 4) is 0 Å². The molecular formula is C19H24N6. The van der Waals surface area contributed by atoms with E-state index < -0.39 is 0 Å². The van der Waals surface area contributed by atoms with Crippen LogP contribution in [-0.4, -0.2) is 57.4 Å². The second-order valence-electron chi connectivity index (χ2n) is 6.68. The van der Waals surface area contributed by atoms with Gasteiger partial charge in [0.2, 0.25) is 0 Å². The first-order valence-corrected chi connectivity index (χ1v) is 8.89. The molecule has 4 rings (SSSR count). The average Bonchev–Trinajstić information content (AvgIpc) is 3.06. The Labute approximate surface area is 148 Å². The minimum Gasteiger partial charge on any atom is -0.353 e. The second-order valence-corrected chi connectivity index (χ2v) is 6.68. The van der Waals surface area contributed by atoms with E-state index in [0.717, 1.165) is 56.5 Å². The lowest BCUT2D eigenvalue weighted by molar-refractivity contribution is 0.245. The van der Waals surface area contributed by atoms with Crippen LogP contribution in [0.25, 0.3) is 10.9 Å². The summed E-state index contributed by atoms with van der Waals surface area (Å²) in [6.07, 6.45) is 3.79. The number of fused-ring (bicyclic) bond motifs is 1. The molecule has 0 saturated carbocycles. The van der Waals surface area contributed by atoms with Crippen molar-refractivity contribution >= 4 is 16.7 Å². The fraction of sp³-hybridized carbons (Fsp3) is 0.421. The van der Waals surface area contributed by atoms with Crippen LogP contribution in [0.3, 0.4) is 0 Å². The van der Waals surface area contributed by atoms with Crippen LogP contribution < -0.4 is 4.90 Å². The van der Waals surface area contributed by atoms with Gasteiger partial charge in [0.1, 0.15) is 5.82 Å². The maximum Gasteiger partial charge on any atom is 0.150 e. The van der Waals surface area contributed by atoms with E-state index in [2.05, 4.69) is 53.8 Å². The van der Waals surface area contributed by atoms with Crippen molar-refractivity contribution in [1.82, 2.24) is 24.6 Å². The van der Waals surface area contributed by atoms with Crippen LogP contribution >= 0.6 is 0 Å². The van der Waals surface area contributed by atoms with Crippen LogP contribution in [-0.2, 0) is 6.54 Å². The van der Waals surface area contributed by atoms with Crippen LogP contribution in [0.5, 0.6) is 0 Å². The maximum absolute atomic E-state index is 4.67. The summed E-state index contributed by atoms with van der Waals surface area (Å²) in [5.41, 5.74) is 3.21. The predicted molar refractivity (Wildman–Crippen MR) is 99.9 cm³/mol. The molecule has 1 aliphatic rings. The van der Waals surface area contributed by atoms with E-state index in [1.165, 1.54) is 10.9 Å². The van der Waals surface area contributed by atoms with Gasteiger partial charge >= 0.3 is 0 Å². The Kier molecular flexibility index (Phi) is 4.36. The minimum absolute atomic E-state index is 0.927. The van der Waals surface area contributed by atoms with E-state index in [1.54, 1.807) is 0 Å². The summed E-state index contributed by atoms with van der Waals surface area (Å²) in [5, 5.41) is 5.73. The SMILES string of the molecule is Cc1cnc(C)c(N2CCN(CCn3ncc4ccccc43)CC2)n1. The molecule has 0 N–H and O–H groups in total. The molecule has 3 aromatic rings. The molecule has 25 heavy (non-hydrogen) atoms. The quantitative estimate of drug-likeness (QED) is 0.731. The first-order valence-electron chi connectivity index (χ1n) is 8.89. The summed E-state index contributed by atoms with van der Waals surface area (Å²) >= 11 is 0. The highest BCUT2D eigenvalue weighted by Gasteiger charge is 2.20. The number of piperazine rings is 1. The van der Waals surface area contributed by atoms with Crippen LogP contribution in [0, 0.1) is 13.8 Å². The number of anilines is 1. The molecule has 3 heterocycles. The Morgan fingerprint density at radius 3 is 2.60 bits per heavy atom. The zero-order valence-electron chi connectivity index (χ0n) is 14.9. The number of hydrogen-bond donors (Lipinski definition) is 0. The Bertz CT molecular complexity index is 863. The van der Waals surface area contributed by atoms with E-state index in [-0.39, 0.29) is 0 Å². The van der Waals surface area contributed by atoms with Gasteiger partial charge in [0.05, 0.1) is 29.6 Å². The molecule has 0 spiro atoms. The predicted octanol–water partition coefficient (Wildman–Crippen LogP) is 2.27. The number of aromatic nitrogens is 4. The fourth-order valence-corrected chi connectivity index (χ4v) is 3.45. The molecule has 6 heteroatoms. The van der Waals surface area contributed by atoms with Crippen LogP contribution in [0.1, 0.15) is 11.4 Å². The zero-order valence-corrected chi connectivity index (χ0v) is 14.9. The number of nitrogens with zero attached hydrogens (tertiary/aromatic N) is 6. The van der Waals surface area contributed by atoms with Crippen molar-refractivity contribution in [2.45, 2.75) is 20.4 Å². The highest BCUT2D eigenvalue weighted by Crippen LogP contribution is 2.18. The number of benzene rings is 1. The Morgan fingerprint density at radius 2 is 1.76 bits per heavy atom. The highest BCUT2D eigenvalue weighted by atomic mass is 15.3. The summed E-state index contributed by atoms with van der Waals surface area (Å²) in [6.45, 7) is 10.1. The van der Waals surface area contributed by atoms with Crippen molar-refractivity contribution in [3.05, 3.63) is 48.0 Å². The van der Waals surface area contributed by atoms with Gasteiger partial charge in [0, 0.05) is 44.3 Å². The van der Waals surface area contributed by atoms with Gasteiger partial charge in [-0.05, 0) is 19.9 Å². The molecule has 0 aliphatic carbocycles. The molecule has 0 atom stereocenters. The summed E-state index contributed by atoms with van der Waals surface area (Å²) in [4.78, 5) is 14.0. The van der Waals surface area contributed by atoms with E-state index in [4.69, 9.17) is 0 Å². The number of rotatable bonds is 4. The number of aryl methyl sites for hydroxylation is 2. The third kappa shape index (κ3) is 3.35. The highest BCUT2D eigenvalue weighted by molar-refractivity contribution is 5.78. The first kappa shape index (κ1) is 16.0. The normalized spacial score (nSPS) is 15.8. The van der Waals surface area contributed by atoms with Gasteiger partial charge in [0.25, 0.3) is 0 Å². The second kappa shape index (κ2) is 6.80. The molecule has 6 nitrogen and oxygen atoms in total. The molecule has 0 bridgehead atoms. The lowest BCUT2D eigenvalue weighted by Crippen LogP contribution is -2.47. The van der Waals surface area contributed by atoms with Crippen molar-refractivity contribution in [2.75, 3.05) is 37.6 Å². The molecule has 1 saturated heterocycles. The van der Waals surface area contributed by atoms with Gasteiger partial charge in [-0.1, -0.05) is 18.2 Å². The first-order chi connectivity index (χ1) is 12.2. The smallest absolute Gasteiger partial charge is 0.150 e. The van der Waals surface area contributed by atoms with Crippen LogP contribution in [0.2, 0.25) is 0 Å². The van der Waals surface area contributed by atoms with Crippen LogP contribution in [0.4, 0.5) is 5.82 Å². The molecule has 1 aliphatic heterocycles. The minimum atomic E-state index is 0.927. The largest absolute Gasteiger partial charge is 0.353 e. The van der Waals surface area contributed by atoms with Crippen molar-refractivity contribution in [3.63, 3.8) is 0 Å². The molecule has 1 fully saturated rings. The molecule has 1 aromatic carbocycles. The summed E-state index contributed by atoms with van der Waals surface area (Å²) in [5.74, 6) is 1.04. The van der Waals surface area contributed by atoms with E-state index in [9.17, 15) is 0 Å². The van der Waals surface area contributed by atoms with E-state index in [1.807, 2.05) is 26.2 Å². The van der Waals surface area contributed by atoms with Gasteiger partial charge in [-0.15, -0.1) is 0 Å². The topological polar surface area (TPSA) is 50.1 Å². The Morgan fingerprint density at radius 1 is 0.960 bits per heavy atom. The van der Waals surface area contributed by atoms with Gasteiger partial charge in [-0.25, -0.2) is 4.98 Å². The van der Waals surface area contributed by atoms with E-state index in [0.29, 0.717) is 0 Å². The molecule has 0 amide bonds. The van der Waals surface area contributed by atoms with Crippen LogP contribution in [0.15, 0.2) is 36.7 Å². The summed E-state index contributed by atoms with van der Waals surface area (Å²) in [7, 11) is 0. The van der Waals surface area contributed by atoms with Crippen molar-refractivity contribution in [2.24, 2.45) is 0 Å². The Hall–Kier alpha value is -2.47. The van der Waals surface area contributed by atoms with Gasteiger partial charge in [-0.2, -0.15) is 5.10 Å². The third-order valence-electron chi connectivity index (χ3n) is 4.90. The third-order valence-corrected chi connectivity index (χ3v) is 4.90. The summed E-state index contributed by atoms with van der Waals surface area (Å²) in [6, 6.07) is 8.39. The molecule has 130 valence electrons. The maximum atomic E-state index is 4.67.